The van der Waals surface area contributed by atoms with E-state index in [1.165, 1.54) is 27.8 Å². The van der Waals surface area contributed by atoms with Gasteiger partial charge in [0.15, 0.2) is 17.5 Å². The summed E-state index contributed by atoms with van der Waals surface area (Å²) in [5, 5.41) is 0. The van der Waals surface area contributed by atoms with Gasteiger partial charge in [0.05, 0.1) is 5.41 Å². The van der Waals surface area contributed by atoms with Gasteiger partial charge in [-0.05, 0) is 62.7 Å². The van der Waals surface area contributed by atoms with E-state index in [9.17, 15) is 0 Å². The first-order valence-electron chi connectivity index (χ1n) is 18.9. The van der Waals surface area contributed by atoms with Crippen molar-refractivity contribution in [2.24, 2.45) is 0 Å². The van der Waals surface area contributed by atoms with Crippen LogP contribution >= 0.6 is 0 Å². The molecule has 1 aliphatic carbocycles. The van der Waals surface area contributed by atoms with Gasteiger partial charge in [0.2, 0.25) is 0 Å². The Bertz CT molecular complexity index is 2850. The zero-order valence-electron chi connectivity index (χ0n) is 30.3. The Morgan fingerprint density at radius 3 is 1.38 bits per heavy atom. The van der Waals surface area contributed by atoms with Gasteiger partial charge in [-0.25, -0.2) is 15.0 Å². The lowest BCUT2D eigenvalue weighted by atomic mass is 9.66. The summed E-state index contributed by atoms with van der Waals surface area (Å²) in [6.45, 7) is 0. The van der Waals surface area contributed by atoms with E-state index in [1.54, 1.807) is 0 Å². The molecule has 0 bridgehead atoms. The number of hydrogen-bond donors (Lipinski definition) is 0. The topological polar surface area (TPSA) is 47.9 Å². The number of ether oxygens (including phenoxy) is 1. The van der Waals surface area contributed by atoms with Crippen LogP contribution in [0.4, 0.5) is 0 Å². The lowest BCUT2D eigenvalue weighted by Gasteiger charge is -2.39. The van der Waals surface area contributed by atoms with Crippen molar-refractivity contribution in [1.29, 1.82) is 0 Å². The van der Waals surface area contributed by atoms with Crippen LogP contribution in [0.25, 0.3) is 67.5 Å². The second-order valence-electron chi connectivity index (χ2n) is 14.3. The zero-order valence-corrected chi connectivity index (χ0v) is 30.3. The summed E-state index contributed by atoms with van der Waals surface area (Å²) in [4.78, 5) is 15.0. The van der Waals surface area contributed by atoms with Crippen LogP contribution in [0, 0.1) is 0 Å². The fourth-order valence-electron chi connectivity index (χ4n) is 8.86. The molecule has 8 aromatic carbocycles. The molecule has 262 valence electrons. The second kappa shape index (κ2) is 12.9. The molecule has 1 aliphatic heterocycles. The first-order chi connectivity index (χ1) is 27.8. The maximum Gasteiger partial charge on any atom is 0.164 e. The molecule has 0 atom stereocenters. The van der Waals surface area contributed by atoms with Crippen LogP contribution < -0.4 is 4.74 Å². The molecule has 0 amide bonds. The highest BCUT2D eigenvalue weighted by molar-refractivity contribution is 5.99. The molecule has 11 rings (SSSR count). The Kier molecular flexibility index (Phi) is 7.36. The second-order valence-corrected chi connectivity index (χ2v) is 14.3. The van der Waals surface area contributed by atoms with E-state index in [2.05, 4.69) is 140 Å². The van der Waals surface area contributed by atoms with Crippen LogP contribution in [-0.2, 0) is 5.41 Å². The van der Waals surface area contributed by atoms with Crippen molar-refractivity contribution in [2.75, 3.05) is 0 Å². The normalized spacial score (nSPS) is 12.9. The SMILES string of the molecule is c1ccc(-c2nc(-c3ccccc3)nc(-c3cccc(-c4ccccc4-c4cccc5c4-c4ccccc4C54c5ccccc5Oc5ccccc54)c3)n2)cc1. The van der Waals surface area contributed by atoms with Crippen molar-refractivity contribution in [3.8, 4) is 79.0 Å². The molecule has 0 unspecified atom stereocenters. The summed E-state index contributed by atoms with van der Waals surface area (Å²) in [6.07, 6.45) is 0. The highest BCUT2D eigenvalue weighted by atomic mass is 16.5. The Balaban J connectivity index is 1.10. The van der Waals surface area contributed by atoms with Gasteiger partial charge < -0.3 is 4.74 Å². The van der Waals surface area contributed by atoms with Gasteiger partial charge in [0, 0.05) is 27.8 Å². The average Bonchev–Trinajstić information content (AvgIpc) is 3.58. The maximum absolute atomic E-state index is 6.58. The fourth-order valence-corrected chi connectivity index (χ4v) is 8.86. The highest BCUT2D eigenvalue weighted by Crippen LogP contribution is 2.63. The third kappa shape index (κ3) is 4.89. The number of rotatable bonds is 5. The first-order valence-corrected chi connectivity index (χ1v) is 18.9. The number of para-hydroxylation sites is 2. The maximum atomic E-state index is 6.58. The zero-order chi connectivity index (χ0) is 37.1. The third-order valence-electron chi connectivity index (χ3n) is 11.2. The molecule has 4 heteroatoms. The molecular weight excluding hydrogens is 683 g/mol. The molecule has 0 saturated carbocycles. The van der Waals surface area contributed by atoms with E-state index in [1.807, 2.05) is 60.7 Å². The summed E-state index contributed by atoms with van der Waals surface area (Å²) in [5.41, 5.74) is 14.2. The van der Waals surface area contributed by atoms with Gasteiger partial charge in [-0.1, -0.05) is 182 Å². The molecule has 1 spiro atoms. The minimum atomic E-state index is -0.534. The quantitative estimate of drug-likeness (QED) is 0.178. The predicted molar refractivity (Wildman–Crippen MR) is 224 cm³/mol. The Labute approximate surface area is 325 Å². The van der Waals surface area contributed by atoms with Gasteiger partial charge in [0.25, 0.3) is 0 Å². The molecule has 0 saturated heterocycles. The molecule has 2 heterocycles. The smallest absolute Gasteiger partial charge is 0.164 e. The summed E-state index contributed by atoms with van der Waals surface area (Å²) in [7, 11) is 0. The van der Waals surface area contributed by atoms with Crippen LogP contribution in [0.3, 0.4) is 0 Å². The Morgan fingerprint density at radius 2 is 0.732 bits per heavy atom. The summed E-state index contributed by atoms with van der Waals surface area (Å²) < 4.78 is 6.58. The van der Waals surface area contributed by atoms with E-state index in [-0.39, 0.29) is 0 Å². The van der Waals surface area contributed by atoms with Gasteiger partial charge in [-0.2, -0.15) is 0 Å². The fraction of sp³-hybridized carbons (Fsp3) is 0.0192. The number of aromatic nitrogens is 3. The lowest BCUT2D eigenvalue weighted by Crippen LogP contribution is -2.32. The van der Waals surface area contributed by atoms with Crippen LogP contribution in [0.2, 0.25) is 0 Å². The van der Waals surface area contributed by atoms with E-state index < -0.39 is 5.41 Å². The molecular formula is C52H33N3O. The number of hydrogen-bond acceptors (Lipinski definition) is 4. The van der Waals surface area contributed by atoms with E-state index in [0.29, 0.717) is 17.5 Å². The summed E-state index contributed by atoms with van der Waals surface area (Å²) in [5.74, 6) is 3.69. The molecule has 2 aliphatic rings. The van der Waals surface area contributed by atoms with Crippen molar-refractivity contribution in [3.05, 3.63) is 222 Å². The molecule has 0 N–H and O–H groups in total. The standard InChI is InChI=1S/C52H33N3O/c1-3-17-34(18-4-1)49-53-50(35-19-5-2-6-20-35)55-51(54-49)37-22-15-21-36(33-37)38-23-7-8-24-39(38)40-26-16-30-45-48(40)41-25-9-10-27-42(41)52(45)43-28-11-13-31-46(43)56-47-32-14-12-29-44(47)52/h1-33H. The van der Waals surface area contributed by atoms with Gasteiger partial charge >= 0.3 is 0 Å². The van der Waals surface area contributed by atoms with Crippen LogP contribution in [0.5, 0.6) is 11.5 Å². The van der Waals surface area contributed by atoms with Gasteiger partial charge in [-0.3, -0.25) is 0 Å². The monoisotopic (exact) mass is 715 g/mol. The van der Waals surface area contributed by atoms with Crippen LogP contribution in [0.15, 0.2) is 200 Å². The molecule has 56 heavy (non-hydrogen) atoms. The van der Waals surface area contributed by atoms with E-state index in [4.69, 9.17) is 19.7 Å². The summed E-state index contributed by atoms with van der Waals surface area (Å²) in [6, 6.07) is 70.3. The summed E-state index contributed by atoms with van der Waals surface area (Å²) >= 11 is 0. The van der Waals surface area contributed by atoms with E-state index in [0.717, 1.165) is 56.0 Å². The van der Waals surface area contributed by atoms with E-state index >= 15 is 0 Å². The van der Waals surface area contributed by atoms with Crippen molar-refractivity contribution in [2.45, 2.75) is 5.41 Å². The largest absolute Gasteiger partial charge is 0.457 e. The van der Waals surface area contributed by atoms with Crippen molar-refractivity contribution in [1.82, 2.24) is 15.0 Å². The molecule has 4 nitrogen and oxygen atoms in total. The first kappa shape index (κ1) is 32.0. The Morgan fingerprint density at radius 1 is 0.304 bits per heavy atom. The van der Waals surface area contributed by atoms with Gasteiger partial charge in [-0.15, -0.1) is 0 Å². The third-order valence-corrected chi connectivity index (χ3v) is 11.2. The van der Waals surface area contributed by atoms with Crippen molar-refractivity contribution in [3.63, 3.8) is 0 Å². The minimum absolute atomic E-state index is 0.534. The van der Waals surface area contributed by atoms with Crippen LogP contribution in [-0.4, -0.2) is 15.0 Å². The van der Waals surface area contributed by atoms with Gasteiger partial charge in [0.1, 0.15) is 11.5 Å². The molecule has 9 aromatic rings. The van der Waals surface area contributed by atoms with Crippen molar-refractivity contribution >= 4 is 0 Å². The number of nitrogens with zero attached hydrogens (tertiary/aromatic N) is 3. The molecule has 0 radical (unpaired) electrons. The highest BCUT2D eigenvalue weighted by Gasteiger charge is 2.51. The molecule has 1 aromatic heterocycles. The lowest BCUT2D eigenvalue weighted by molar-refractivity contribution is 0.436. The number of benzene rings is 8. The minimum Gasteiger partial charge on any atom is -0.457 e. The Hall–Kier alpha value is -7.43. The molecule has 0 fully saturated rings. The predicted octanol–water partition coefficient (Wildman–Crippen LogP) is 12.7. The van der Waals surface area contributed by atoms with Crippen molar-refractivity contribution < 1.29 is 4.74 Å². The number of fused-ring (bicyclic) bond motifs is 9. The average molecular weight is 716 g/mol. The van der Waals surface area contributed by atoms with Crippen LogP contribution in [0.1, 0.15) is 22.3 Å².